The number of piperazine rings is 1. The molecule has 0 spiro atoms. The zero-order valence-electron chi connectivity index (χ0n) is 11.5. The monoisotopic (exact) mass is 270 g/mol. The van der Waals surface area contributed by atoms with Crippen LogP contribution in [0.5, 0.6) is 0 Å². The lowest BCUT2D eigenvalue weighted by atomic mass is 9.91. The number of aliphatic carboxylic acids is 1. The van der Waals surface area contributed by atoms with Gasteiger partial charge in [0.05, 0.1) is 18.1 Å². The van der Waals surface area contributed by atoms with E-state index < -0.39 is 12.0 Å². The van der Waals surface area contributed by atoms with Gasteiger partial charge in [-0.2, -0.15) is 0 Å². The molecule has 2 unspecified atom stereocenters. The van der Waals surface area contributed by atoms with Crippen LogP contribution in [0.1, 0.15) is 33.1 Å². The Hall–Kier alpha value is -1.14. The molecule has 2 atom stereocenters. The third-order valence-corrected chi connectivity index (χ3v) is 3.88. The number of nitrogens with zero attached hydrogens (tertiary/aromatic N) is 1. The summed E-state index contributed by atoms with van der Waals surface area (Å²) in [6.07, 6.45) is 1.55. The quantitative estimate of drug-likeness (QED) is 0.767. The lowest BCUT2D eigenvalue weighted by Gasteiger charge is -2.45. The summed E-state index contributed by atoms with van der Waals surface area (Å²) in [6.45, 7) is 6.04. The van der Waals surface area contributed by atoms with Gasteiger partial charge in [0, 0.05) is 25.7 Å². The number of carbonyl (C=O) groups is 2. The number of hydrogen-bond donors (Lipinski definition) is 2. The van der Waals surface area contributed by atoms with Gasteiger partial charge in [-0.15, -0.1) is 0 Å². The minimum Gasteiger partial charge on any atom is -0.481 e. The van der Waals surface area contributed by atoms with E-state index in [1.54, 1.807) is 0 Å². The highest BCUT2D eigenvalue weighted by Gasteiger charge is 2.39. The van der Waals surface area contributed by atoms with E-state index >= 15 is 0 Å². The Morgan fingerprint density at radius 3 is 2.95 bits per heavy atom. The highest BCUT2D eigenvalue weighted by atomic mass is 16.5. The van der Waals surface area contributed by atoms with E-state index in [1.807, 2.05) is 13.8 Å². The number of carboxylic acid groups (broad SMARTS) is 1. The van der Waals surface area contributed by atoms with E-state index in [0.717, 1.165) is 12.8 Å². The Morgan fingerprint density at radius 1 is 1.58 bits per heavy atom. The van der Waals surface area contributed by atoms with Gasteiger partial charge in [0.2, 0.25) is 5.91 Å². The Morgan fingerprint density at radius 2 is 2.32 bits per heavy atom. The first-order valence-electron chi connectivity index (χ1n) is 6.78. The maximum Gasteiger partial charge on any atom is 0.305 e. The van der Waals surface area contributed by atoms with Gasteiger partial charge in [-0.25, -0.2) is 0 Å². The van der Waals surface area contributed by atoms with Crippen LogP contribution in [0.25, 0.3) is 0 Å². The molecule has 2 aliphatic rings. The number of rotatable bonds is 3. The van der Waals surface area contributed by atoms with Gasteiger partial charge in [-0.1, -0.05) is 0 Å². The maximum absolute atomic E-state index is 11.9. The van der Waals surface area contributed by atoms with Crippen molar-refractivity contribution in [3.63, 3.8) is 0 Å². The molecule has 2 N–H and O–H groups in total. The van der Waals surface area contributed by atoms with Crippen molar-refractivity contribution < 1.29 is 19.4 Å². The molecule has 108 valence electrons. The van der Waals surface area contributed by atoms with Crippen LogP contribution < -0.4 is 5.32 Å². The van der Waals surface area contributed by atoms with E-state index in [-0.39, 0.29) is 24.0 Å². The average molecular weight is 270 g/mol. The summed E-state index contributed by atoms with van der Waals surface area (Å²) in [5, 5.41) is 11.7. The fourth-order valence-corrected chi connectivity index (χ4v) is 3.03. The summed E-state index contributed by atoms with van der Waals surface area (Å²) in [7, 11) is 0. The second-order valence-corrected chi connectivity index (χ2v) is 5.90. The summed E-state index contributed by atoms with van der Waals surface area (Å²) < 4.78 is 5.69. The first kappa shape index (κ1) is 14.3. The molecule has 2 saturated heterocycles. The molecule has 2 aliphatic heterocycles. The Bertz CT molecular complexity index is 370. The SMILES string of the molecule is CC1(C)CC(N2CCNC(=O)C2CC(=O)O)CCO1. The van der Waals surface area contributed by atoms with Gasteiger partial charge in [0.15, 0.2) is 0 Å². The normalized spacial score (nSPS) is 31.8. The van der Waals surface area contributed by atoms with Crippen molar-refractivity contribution in [2.45, 2.75) is 50.8 Å². The minimum absolute atomic E-state index is 0.135. The number of nitrogens with one attached hydrogen (secondary N) is 1. The van der Waals surface area contributed by atoms with Crippen LogP contribution in [0.15, 0.2) is 0 Å². The van der Waals surface area contributed by atoms with E-state index in [9.17, 15) is 9.59 Å². The highest BCUT2D eigenvalue weighted by molar-refractivity contribution is 5.86. The van der Waals surface area contributed by atoms with Crippen LogP contribution in [-0.4, -0.2) is 59.3 Å². The third-order valence-electron chi connectivity index (χ3n) is 3.88. The standard InChI is InChI=1S/C13H22N2O4/c1-13(2)8-9(3-6-19-13)15-5-4-14-12(18)10(15)7-11(16)17/h9-10H,3-8H2,1-2H3,(H,14,18)(H,16,17). The van der Waals surface area contributed by atoms with Crippen LogP contribution in [0.4, 0.5) is 0 Å². The fourth-order valence-electron chi connectivity index (χ4n) is 3.03. The highest BCUT2D eigenvalue weighted by Crippen LogP contribution is 2.29. The molecule has 6 nitrogen and oxygen atoms in total. The molecule has 1 amide bonds. The fraction of sp³-hybridized carbons (Fsp3) is 0.846. The van der Waals surface area contributed by atoms with Crippen LogP contribution in [0.3, 0.4) is 0 Å². The summed E-state index contributed by atoms with van der Waals surface area (Å²) in [5.74, 6) is -1.10. The van der Waals surface area contributed by atoms with Gasteiger partial charge >= 0.3 is 5.97 Å². The molecule has 0 bridgehead atoms. The summed E-state index contributed by atoms with van der Waals surface area (Å²) >= 11 is 0. The van der Waals surface area contributed by atoms with Crippen LogP contribution in [0.2, 0.25) is 0 Å². The van der Waals surface area contributed by atoms with E-state index in [0.29, 0.717) is 19.7 Å². The number of hydrogen-bond acceptors (Lipinski definition) is 4. The van der Waals surface area contributed by atoms with Crippen molar-refractivity contribution in [2.24, 2.45) is 0 Å². The molecule has 19 heavy (non-hydrogen) atoms. The molecule has 0 saturated carbocycles. The Kier molecular flexibility index (Phi) is 4.10. The average Bonchev–Trinajstić information content (AvgIpc) is 2.30. The van der Waals surface area contributed by atoms with E-state index in [4.69, 9.17) is 9.84 Å². The predicted molar refractivity (Wildman–Crippen MR) is 68.8 cm³/mol. The van der Waals surface area contributed by atoms with E-state index in [2.05, 4.69) is 10.2 Å². The summed E-state index contributed by atoms with van der Waals surface area (Å²) in [6, 6.07) is -0.329. The molecule has 0 aromatic rings. The number of amides is 1. The van der Waals surface area contributed by atoms with Crippen molar-refractivity contribution in [1.29, 1.82) is 0 Å². The van der Waals surface area contributed by atoms with Crippen LogP contribution in [-0.2, 0) is 14.3 Å². The van der Waals surface area contributed by atoms with Crippen molar-refractivity contribution in [3.05, 3.63) is 0 Å². The van der Waals surface area contributed by atoms with Gasteiger partial charge in [0.1, 0.15) is 0 Å². The Labute approximate surface area is 113 Å². The molecule has 2 heterocycles. The lowest BCUT2D eigenvalue weighted by molar-refractivity contribution is -0.146. The first-order chi connectivity index (χ1) is 8.89. The molecule has 0 aliphatic carbocycles. The minimum atomic E-state index is -0.932. The zero-order chi connectivity index (χ0) is 14.0. The molecule has 0 aromatic heterocycles. The molecule has 2 fully saturated rings. The largest absolute Gasteiger partial charge is 0.481 e. The van der Waals surface area contributed by atoms with Crippen molar-refractivity contribution >= 4 is 11.9 Å². The summed E-state index contributed by atoms with van der Waals surface area (Å²) in [5.41, 5.74) is -0.204. The van der Waals surface area contributed by atoms with Crippen LogP contribution in [0, 0.1) is 0 Å². The Balaban J connectivity index is 2.10. The molecule has 6 heteroatoms. The third kappa shape index (κ3) is 3.45. The van der Waals surface area contributed by atoms with Crippen molar-refractivity contribution in [2.75, 3.05) is 19.7 Å². The topological polar surface area (TPSA) is 78.9 Å². The van der Waals surface area contributed by atoms with Gasteiger partial charge in [0.25, 0.3) is 0 Å². The maximum atomic E-state index is 11.9. The molecule has 0 aromatic carbocycles. The van der Waals surface area contributed by atoms with Gasteiger partial charge in [-0.05, 0) is 26.7 Å². The van der Waals surface area contributed by atoms with Crippen LogP contribution >= 0.6 is 0 Å². The van der Waals surface area contributed by atoms with Gasteiger partial charge in [-0.3, -0.25) is 14.5 Å². The number of carbonyl (C=O) groups excluding carboxylic acids is 1. The number of carboxylic acids is 1. The molecular formula is C13H22N2O4. The lowest BCUT2D eigenvalue weighted by Crippen LogP contribution is -2.61. The van der Waals surface area contributed by atoms with Crippen molar-refractivity contribution in [3.8, 4) is 0 Å². The number of ether oxygens (including phenoxy) is 1. The molecule has 0 radical (unpaired) electrons. The zero-order valence-corrected chi connectivity index (χ0v) is 11.5. The second kappa shape index (κ2) is 5.46. The van der Waals surface area contributed by atoms with Crippen molar-refractivity contribution in [1.82, 2.24) is 10.2 Å². The van der Waals surface area contributed by atoms with Gasteiger partial charge < -0.3 is 15.2 Å². The smallest absolute Gasteiger partial charge is 0.305 e. The second-order valence-electron chi connectivity index (χ2n) is 5.90. The predicted octanol–water partition coefficient (Wildman–Crippen LogP) is 0.219. The first-order valence-corrected chi connectivity index (χ1v) is 6.78. The van der Waals surface area contributed by atoms with E-state index in [1.165, 1.54) is 0 Å². The molecule has 2 rings (SSSR count). The molecular weight excluding hydrogens is 248 g/mol. The summed E-state index contributed by atoms with van der Waals surface area (Å²) in [4.78, 5) is 24.9.